The summed E-state index contributed by atoms with van der Waals surface area (Å²) in [6, 6.07) is 6.36. The van der Waals surface area contributed by atoms with E-state index in [1.165, 1.54) is 10.6 Å². The minimum absolute atomic E-state index is 0.902. The van der Waals surface area contributed by atoms with Crippen LogP contribution in [0.4, 0.5) is 0 Å². The lowest BCUT2D eigenvalue weighted by atomic mass is 10.3. The highest BCUT2D eigenvalue weighted by Gasteiger charge is 1.99. The molecule has 0 unspecified atom stereocenters. The fraction of sp³-hybridized carbons (Fsp3) is 0.417. The van der Waals surface area contributed by atoms with Crippen molar-refractivity contribution >= 4 is 11.3 Å². The molecule has 0 aliphatic rings. The van der Waals surface area contributed by atoms with Crippen molar-refractivity contribution in [1.82, 2.24) is 15.1 Å². The molecule has 0 atom stereocenters. The molecule has 0 saturated heterocycles. The van der Waals surface area contributed by atoms with E-state index in [1.54, 1.807) is 0 Å². The van der Waals surface area contributed by atoms with Crippen molar-refractivity contribution in [3.8, 4) is 0 Å². The Bertz CT molecular complexity index is 406. The van der Waals surface area contributed by atoms with Crippen LogP contribution in [0.25, 0.3) is 0 Å². The Labute approximate surface area is 100 Å². The summed E-state index contributed by atoms with van der Waals surface area (Å²) < 4.78 is 2.03. The van der Waals surface area contributed by atoms with Crippen molar-refractivity contribution in [2.75, 3.05) is 6.54 Å². The van der Waals surface area contributed by atoms with Crippen LogP contribution < -0.4 is 5.32 Å². The molecule has 0 radical (unpaired) electrons. The molecular weight excluding hydrogens is 218 g/mol. The molecule has 1 N–H and O–H groups in total. The summed E-state index contributed by atoms with van der Waals surface area (Å²) >= 11 is 1.82. The lowest BCUT2D eigenvalue weighted by molar-refractivity contribution is 0.583. The topological polar surface area (TPSA) is 29.9 Å². The number of nitrogens with zero attached hydrogens (tertiary/aromatic N) is 2. The quantitative estimate of drug-likeness (QED) is 0.779. The lowest BCUT2D eigenvalue weighted by Gasteiger charge is -2.05. The number of rotatable bonds is 6. The predicted octanol–water partition coefficient (Wildman–Crippen LogP) is 2.30. The Morgan fingerprint density at radius 2 is 2.38 bits per heavy atom. The number of nitrogens with one attached hydrogen (secondary N) is 1. The summed E-state index contributed by atoms with van der Waals surface area (Å²) in [5.41, 5.74) is 1.26. The zero-order chi connectivity index (χ0) is 11.2. The van der Waals surface area contributed by atoms with Crippen LogP contribution in [0.15, 0.2) is 29.8 Å². The highest BCUT2D eigenvalue weighted by molar-refractivity contribution is 7.09. The number of hydrogen-bond acceptors (Lipinski definition) is 3. The summed E-state index contributed by atoms with van der Waals surface area (Å²) in [5.74, 6) is 0. The van der Waals surface area contributed by atoms with Gasteiger partial charge in [0.05, 0.1) is 5.69 Å². The third-order valence-electron chi connectivity index (χ3n) is 2.54. The van der Waals surface area contributed by atoms with Gasteiger partial charge in [-0.2, -0.15) is 5.10 Å². The molecule has 3 nitrogen and oxygen atoms in total. The van der Waals surface area contributed by atoms with Crippen LogP contribution in [0.5, 0.6) is 0 Å². The van der Waals surface area contributed by atoms with Crippen LogP contribution >= 0.6 is 11.3 Å². The molecule has 2 rings (SSSR count). The molecule has 0 aromatic carbocycles. The van der Waals surface area contributed by atoms with Gasteiger partial charge in [-0.25, -0.2) is 0 Å². The van der Waals surface area contributed by atoms with Gasteiger partial charge in [0.25, 0.3) is 0 Å². The smallest absolute Gasteiger partial charge is 0.0521 e. The monoisotopic (exact) mass is 235 g/mol. The maximum Gasteiger partial charge on any atom is 0.0521 e. The molecule has 0 saturated carbocycles. The van der Waals surface area contributed by atoms with Crippen molar-refractivity contribution in [2.45, 2.75) is 26.4 Å². The first-order chi connectivity index (χ1) is 7.90. The van der Waals surface area contributed by atoms with Crippen molar-refractivity contribution in [1.29, 1.82) is 0 Å². The second-order valence-electron chi connectivity index (χ2n) is 3.64. The van der Waals surface area contributed by atoms with Gasteiger partial charge in [0.1, 0.15) is 0 Å². The second-order valence-corrected chi connectivity index (χ2v) is 4.68. The van der Waals surface area contributed by atoms with E-state index < -0.39 is 0 Å². The van der Waals surface area contributed by atoms with E-state index in [-0.39, 0.29) is 0 Å². The van der Waals surface area contributed by atoms with Crippen molar-refractivity contribution in [3.63, 3.8) is 0 Å². The van der Waals surface area contributed by atoms with Gasteiger partial charge in [0, 0.05) is 30.7 Å². The first-order valence-corrected chi connectivity index (χ1v) is 6.52. The van der Waals surface area contributed by atoms with Crippen molar-refractivity contribution in [2.24, 2.45) is 0 Å². The van der Waals surface area contributed by atoms with E-state index >= 15 is 0 Å². The summed E-state index contributed by atoms with van der Waals surface area (Å²) in [6.07, 6.45) is 2.97. The molecule has 0 aliphatic carbocycles. The van der Waals surface area contributed by atoms with Gasteiger partial charge in [-0.05, 0) is 30.9 Å². The molecule has 4 heteroatoms. The van der Waals surface area contributed by atoms with E-state index in [1.807, 2.05) is 22.2 Å². The molecule has 0 bridgehead atoms. The van der Waals surface area contributed by atoms with Crippen LogP contribution in [0, 0.1) is 0 Å². The normalized spacial score (nSPS) is 10.8. The van der Waals surface area contributed by atoms with Gasteiger partial charge < -0.3 is 5.32 Å². The van der Waals surface area contributed by atoms with E-state index in [2.05, 4.69) is 40.9 Å². The van der Waals surface area contributed by atoms with Crippen molar-refractivity contribution in [3.05, 3.63) is 40.3 Å². The minimum Gasteiger partial charge on any atom is -0.311 e. The van der Waals surface area contributed by atoms with Crippen LogP contribution in [-0.2, 0) is 19.5 Å². The minimum atomic E-state index is 0.902. The van der Waals surface area contributed by atoms with Gasteiger partial charge in [-0.3, -0.25) is 4.68 Å². The Morgan fingerprint density at radius 1 is 1.44 bits per heavy atom. The Balaban J connectivity index is 1.72. The summed E-state index contributed by atoms with van der Waals surface area (Å²) in [5, 5.41) is 9.82. The summed E-state index contributed by atoms with van der Waals surface area (Å²) in [4.78, 5) is 1.44. The molecule has 0 fully saturated rings. The first-order valence-electron chi connectivity index (χ1n) is 5.64. The fourth-order valence-corrected chi connectivity index (χ4v) is 2.39. The van der Waals surface area contributed by atoms with Crippen molar-refractivity contribution < 1.29 is 0 Å². The predicted molar refractivity (Wildman–Crippen MR) is 67.6 cm³/mol. The average Bonchev–Trinajstić information content (AvgIpc) is 2.95. The van der Waals surface area contributed by atoms with Gasteiger partial charge in [0.2, 0.25) is 0 Å². The second kappa shape index (κ2) is 5.82. The molecule has 0 spiro atoms. The maximum atomic E-state index is 4.24. The zero-order valence-corrected chi connectivity index (χ0v) is 10.3. The standard InChI is InChI=1S/C12H17N3S/c1-2-15-11(5-8-14-15)10-13-7-6-12-4-3-9-16-12/h3-5,8-9,13H,2,6-7,10H2,1H3. The Hall–Kier alpha value is -1.13. The number of aryl methyl sites for hydroxylation is 1. The van der Waals surface area contributed by atoms with E-state index in [4.69, 9.17) is 0 Å². The summed E-state index contributed by atoms with van der Waals surface area (Å²) in [7, 11) is 0. The van der Waals surface area contributed by atoms with Gasteiger partial charge in [-0.1, -0.05) is 6.07 Å². The zero-order valence-electron chi connectivity index (χ0n) is 9.52. The Morgan fingerprint density at radius 3 is 3.12 bits per heavy atom. The van der Waals surface area contributed by atoms with E-state index in [0.717, 1.165) is 26.1 Å². The van der Waals surface area contributed by atoms with Gasteiger partial charge in [0.15, 0.2) is 0 Å². The first kappa shape index (κ1) is 11.4. The fourth-order valence-electron chi connectivity index (χ4n) is 1.68. The van der Waals surface area contributed by atoms with Crippen LogP contribution in [-0.4, -0.2) is 16.3 Å². The summed E-state index contributed by atoms with van der Waals surface area (Å²) in [6.45, 7) is 4.98. The molecule has 86 valence electrons. The molecule has 2 heterocycles. The largest absolute Gasteiger partial charge is 0.311 e. The van der Waals surface area contributed by atoms with Gasteiger partial charge in [-0.15, -0.1) is 11.3 Å². The SMILES string of the molecule is CCn1nccc1CNCCc1cccs1. The molecular formula is C12H17N3S. The third kappa shape index (κ3) is 2.93. The number of thiophene rings is 1. The number of hydrogen-bond donors (Lipinski definition) is 1. The molecule has 16 heavy (non-hydrogen) atoms. The van der Waals surface area contributed by atoms with E-state index in [9.17, 15) is 0 Å². The van der Waals surface area contributed by atoms with Crippen LogP contribution in [0.1, 0.15) is 17.5 Å². The molecule has 2 aromatic heterocycles. The highest BCUT2D eigenvalue weighted by Crippen LogP contribution is 2.08. The third-order valence-corrected chi connectivity index (χ3v) is 3.47. The lowest BCUT2D eigenvalue weighted by Crippen LogP contribution is -2.18. The van der Waals surface area contributed by atoms with Crippen LogP contribution in [0.2, 0.25) is 0 Å². The molecule has 0 amide bonds. The molecule has 0 aliphatic heterocycles. The molecule has 2 aromatic rings. The highest BCUT2D eigenvalue weighted by atomic mass is 32.1. The van der Waals surface area contributed by atoms with E-state index in [0.29, 0.717) is 0 Å². The number of aromatic nitrogens is 2. The average molecular weight is 235 g/mol. The Kier molecular flexibility index (Phi) is 4.13. The van der Waals surface area contributed by atoms with Crippen LogP contribution in [0.3, 0.4) is 0 Å². The maximum absolute atomic E-state index is 4.24. The van der Waals surface area contributed by atoms with Gasteiger partial charge >= 0.3 is 0 Å².